The van der Waals surface area contributed by atoms with Gasteiger partial charge in [-0.3, -0.25) is 4.98 Å². The summed E-state index contributed by atoms with van der Waals surface area (Å²) in [6, 6.07) is 0. The maximum atomic E-state index is 5.83. The van der Waals surface area contributed by atoms with Crippen LogP contribution in [0.3, 0.4) is 0 Å². The summed E-state index contributed by atoms with van der Waals surface area (Å²) >= 11 is 3.69. The van der Waals surface area contributed by atoms with Crippen molar-refractivity contribution in [3.8, 4) is 10.7 Å². The number of nitrogen functional groups attached to an aromatic ring is 1. The fourth-order valence-electron chi connectivity index (χ4n) is 1.18. The first-order valence-electron chi connectivity index (χ1n) is 4.43. The van der Waals surface area contributed by atoms with Crippen LogP contribution in [0.1, 0.15) is 12.6 Å². The predicted molar refractivity (Wildman–Crippen MR) is 69.6 cm³/mol. The van der Waals surface area contributed by atoms with Crippen molar-refractivity contribution in [2.24, 2.45) is 0 Å². The zero-order valence-electron chi connectivity index (χ0n) is 8.07. The SMILES string of the molecule is CCc1nc(-c2cncs2)nc(N)c1I. The first kappa shape index (κ1) is 10.7. The van der Waals surface area contributed by atoms with Crippen LogP contribution >= 0.6 is 33.9 Å². The fraction of sp³-hybridized carbons (Fsp3) is 0.222. The smallest absolute Gasteiger partial charge is 0.173 e. The molecule has 0 saturated carbocycles. The second-order valence-electron chi connectivity index (χ2n) is 2.91. The van der Waals surface area contributed by atoms with Gasteiger partial charge in [0.15, 0.2) is 5.82 Å². The quantitative estimate of drug-likeness (QED) is 0.858. The molecular formula is C9H9IN4S. The van der Waals surface area contributed by atoms with Crippen molar-refractivity contribution in [3.63, 3.8) is 0 Å². The summed E-state index contributed by atoms with van der Waals surface area (Å²) in [5.41, 5.74) is 8.58. The van der Waals surface area contributed by atoms with Crippen LogP contribution in [-0.4, -0.2) is 15.0 Å². The second kappa shape index (κ2) is 4.40. The standard InChI is InChI=1S/C9H9IN4S/c1-2-5-7(10)8(11)14-9(13-5)6-3-12-4-15-6/h3-4H,2H2,1H3,(H2,11,13,14). The van der Waals surface area contributed by atoms with Crippen molar-refractivity contribution < 1.29 is 0 Å². The summed E-state index contributed by atoms with van der Waals surface area (Å²) < 4.78 is 0.948. The van der Waals surface area contributed by atoms with E-state index in [0.29, 0.717) is 11.6 Å². The van der Waals surface area contributed by atoms with Crippen LogP contribution < -0.4 is 5.73 Å². The highest BCUT2D eigenvalue weighted by Crippen LogP contribution is 2.24. The number of hydrogen-bond acceptors (Lipinski definition) is 5. The molecular weight excluding hydrogens is 323 g/mol. The van der Waals surface area contributed by atoms with Crippen LogP contribution in [-0.2, 0) is 6.42 Å². The molecule has 0 spiro atoms. The number of nitrogens with two attached hydrogens (primary N) is 1. The van der Waals surface area contributed by atoms with Gasteiger partial charge >= 0.3 is 0 Å². The van der Waals surface area contributed by atoms with E-state index in [1.165, 1.54) is 11.3 Å². The summed E-state index contributed by atoms with van der Waals surface area (Å²) in [6.07, 6.45) is 2.61. The van der Waals surface area contributed by atoms with Gasteiger partial charge in [-0.15, -0.1) is 11.3 Å². The van der Waals surface area contributed by atoms with Gasteiger partial charge < -0.3 is 5.73 Å². The molecule has 2 N–H and O–H groups in total. The van der Waals surface area contributed by atoms with E-state index in [0.717, 1.165) is 20.6 Å². The number of halogens is 1. The molecule has 2 heterocycles. The van der Waals surface area contributed by atoms with E-state index in [2.05, 4.69) is 44.5 Å². The number of rotatable bonds is 2. The molecule has 0 aliphatic heterocycles. The molecule has 0 fully saturated rings. The van der Waals surface area contributed by atoms with Crippen LogP contribution in [0.4, 0.5) is 5.82 Å². The van der Waals surface area contributed by atoms with Crippen molar-refractivity contribution in [1.82, 2.24) is 15.0 Å². The molecule has 0 radical (unpaired) electrons. The van der Waals surface area contributed by atoms with Gasteiger partial charge in [0.25, 0.3) is 0 Å². The van der Waals surface area contributed by atoms with Crippen molar-refractivity contribution in [1.29, 1.82) is 0 Å². The summed E-state index contributed by atoms with van der Waals surface area (Å²) in [7, 11) is 0. The van der Waals surface area contributed by atoms with Crippen LogP contribution in [0.2, 0.25) is 0 Å². The lowest BCUT2D eigenvalue weighted by Gasteiger charge is -2.05. The Morgan fingerprint density at radius 2 is 2.27 bits per heavy atom. The molecule has 0 aromatic carbocycles. The van der Waals surface area contributed by atoms with Gasteiger partial charge in [-0.1, -0.05) is 6.92 Å². The van der Waals surface area contributed by atoms with Crippen molar-refractivity contribution >= 4 is 39.7 Å². The van der Waals surface area contributed by atoms with Gasteiger partial charge in [0.2, 0.25) is 0 Å². The normalized spacial score (nSPS) is 10.5. The van der Waals surface area contributed by atoms with Crippen molar-refractivity contribution in [2.75, 3.05) is 5.73 Å². The number of nitrogens with zero attached hydrogens (tertiary/aromatic N) is 3. The van der Waals surface area contributed by atoms with Gasteiger partial charge in [0.1, 0.15) is 5.82 Å². The summed E-state index contributed by atoms with van der Waals surface area (Å²) in [4.78, 5) is 13.7. The predicted octanol–water partition coefficient (Wildman–Crippen LogP) is 2.35. The lowest BCUT2D eigenvalue weighted by atomic mass is 10.3. The number of thiazole rings is 1. The maximum absolute atomic E-state index is 5.83. The highest BCUT2D eigenvalue weighted by molar-refractivity contribution is 14.1. The molecule has 4 nitrogen and oxygen atoms in total. The monoisotopic (exact) mass is 332 g/mol. The van der Waals surface area contributed by atoms with Crippen LogP contribution in [0, 0.1) is 3.57 Å². The zero-order chi connectivity index (χ0) is 10.8. The van der Waals surface area contributed by atoms with Gasteiger partial charge in [-0.05, 0) is 29.0 Å². The average molecular weight is 332 g/mol. The van der Waals surface area contributed by atoms with E-state index in [4.69, 9.17) is 5.73 Å². The Balaban J connectivity index is 2.55. The van der Waals surface area contributed by atoms with Crippen molar-refractivity contribution in [3.05, 3.63) is 21.0 Å². The Morgan fingerprint density at radius 3 is 2.87 bits per heavy atom. The molecule has 6 heteroatoms. The second-order valence-corrected chi connectivity index (χ2v) is 4.88. The fourth-order valence-corrected chi connectivity index (χ4v) is 2.36. The molecule has 0 unspecified atom stereocenters. The van der Waals surface area contributed by atoms with E-state index >= 15 is 0 Å². The molecule has 0 bridgehead atoms. The van der Waals surface area contributed by atoms with Gasteiger partial charge in [-0.2, -0.15) is 0 Å². The Labute approximate surface area is 105 Å². The lowest BCUT2D eigenvalue weighted by Crippen LogP contribution is -2.03. The molecule has 2 rings (SSSR count). The Morgan fingerprint density at radius 1 is 1.47 bits per heavy atom. The molecule has 2 aromatic rings. The molecule has 0 saturated heterocycles. The highest BCUT2D eigenvalue weighted by Gasteiger charge is 2.10. The molecule has 2 aromatic heterocycles. The van der Waals surface area contributed by atoms with Gasteiger partial charge in [-0.25, -0.2) is 9.97 Å². The first-order chi connectivity index (χ1) is 7.22. The molecule has 78 valence electrons. The first-order valence-corrected chi connectivity index (χ1v) is 6.39. The summed E-state index contributed by atoms with van der Waals surface area (Å²) in [5.74, 6) is 1.22. The largest absolute Gasteiger partial charge is 0.383 e. The lowest BCUT2D eigenvalue weighted by molar-refractivity contribution is 0.996. The Bertz CT molecular complexity index is 469. The summed E-state index contributed by atoms with van der Waals surface area (Å²) in [5, 5.41) is 0. The number of aryl methyl sites for hydroxylation is 1. The maximum Gasteiger partial charge on any atom is 0.173 e. The van der Waals surface area contributed by atoms with E-state index in [1.54, 1.807) is 11.7 Å². The Kier molecular flexibility index (Phi) is 3.15. The van der Waals surface area contributed by atoms with Crippen molar-refractivity contribution in [2.45, 2.75) is 13.3 Å². The highest BCUT2D eigenvalue weighted by atomic mass is 127. The van der Waals surface area contributed by atoms with E-state index in [9.17, 15) is 0 Å². The number of anilines is 1. The minimum atomic E-state index is 0.547. The topological polar surface area (TPSA) is 64.7 Å². The van der Waals surface area contributed by atoms with Crippen LogP contribution in [0.5, 0.6) is 0 Å². The van der Waals surface area contributed by atoms with E-state index < -0.39 is 0 Å². The third kappa shape index (κ3) is 2.10. The number of aromatic nitrogens is 3. The molecule has 0 aliphatic carbocycles. The minimum absolute atomic E-state index is 0.547. The van der Waals surface area contributed by atoms with Gasteiger partial charge in [0, 0.05) is 6.20 Å². The molecule has 0 amide bonds. The summed E-state index contributed by atoms with van der Waals surface area (Å²) in [6.45, 7) is 2.06. The number of hydrogen-bond donors (Lipinski definition) is 1. The molecule has 15 heavy (non-hydrogen) atoms. The van der Waals surface area contributed by atoms with Crippen LogP contribution in [0.25, 0.3) is 10.7 Å². The average Bonchev–Trinajstić information content (AvgIpc) is 2.75. The van der Waals surface area contributed by atoms with E-state index in [-0.39, 0.29) is 0 Å². The third-order valence-electron chi connectivity index (χ3n) is 1.93. The van der Waals surface area contributed by atoms with Gasteiger partial charge in [0.05, 0.1) is 19.7 Å². The minimum Gasteiger partial charge on any atom is -0.383 e. The zero-order valence-corrected chi connectivity index (χ0v) is 11.0. The van der Waals surface area contributed by atoms with E-state index in [1.807, 2.05) is 0 Å². The van der Waals surface area contributed by atoms with Crippen LogP contribution in [0.15, 0.2) is 11.7 Å². The molecule has 0 atom stereocenters. The Hall–Kier alpha value is -0.760. The third-order valence-corrected chi connectivity index (χ3v) is 3.88. The molecule has 0 aliphatic rings.